The second-order valence-corrected chi connectivity index (χ2v) is 7.61. The summed E-state index contributed by atoms with van der Waals surface area (Å²) in [6.07, 6.45) is 11.1. The fraction of sp³-hybridized carbons (Fsp3) is 0.385. The van der Waals surface area contributed by atoms with Crippen molar-refractivity contribution in [3.63, 3.8) is 0 Å². The lowest BCUT2D eigenvalue weighted by Crippen LogP contribution is -2.18. The second-order valence-electron chi connectivity index (χ2n) is 7.61. The first-order chi connectivity index (χ1) is 15.5. The van der Waals surface area contributed by atoms with Gasteiger partial charge >= 0.3 is 0 Å². The average Bonchev–Trinajstić information content (AvgIpc) is 2.79. The zero-order valence-electron chi connectivity index (χ0n) is 19.9. The molecule has 0 saturated carbocycles. The fourth-order valence-corrected chi connectivity index (χ4v) is 3.70. The number of hydrogen-bond donors (Lipinski definition) is 6. The van der Waals surface area contributed by atoms with E-state index in [9.17, 15) is 20.4 Å². The Morgan fingerprint density at radius 1 is 0.647 bits per heavy atom. The number of hydrogen-bond acceptors (Lipinski definition) is 6. The van der Waals surface area contributed by atoms with E-state index in [-0.39, 0.29) is 57.0 Å². The largest absolute Gasteiger partial charge is 0.504 e. The summed E-state index contributed by atoms with van der Waals surface area (Å²) in [7, 11) is 0. The van der Waals surface area contributed by atoms with Crippen molar-refractivity contribution >= 4 is 34.0 Å². The quantitative estimate of drug-likeness (QED) is 0.111. The van der Waals surface area contributed by atoms with Crippen molar-refractivity contribution in [2.45, 2.75) is 39.5 Å². The van der Waals surface area contributed by atoms with Crippen LogP contribution in [0.3, 0.4) is 0 Å². The third-order valence-electron chi connectivity index (χ3n) is 5.47. The standard InChI is InChI=1S/C26H36N2O4.2BrH/c1-3-21-19(9-11-23(29)25(21)31)13-17-27-15-7-5-6-8-16-28-18-14-20-10-12-24(30)26(32)22(20)4-2;;/h5-12,27-32H,3-4,13-18H2,1-2H3;2*1H. The van der Waals surface area contributed by atoms with Crippen molar-refractivity contribution in [1.29, 1.82) is 0 Å². The minimum atomic E-state index is -0.0619. The van der Waals surface area contributed by atoms with Gasteiger partial charge in [0.1, 0.15) is 0 Å². The van der Waals surface area contributed by atoms with Crippen molar-refractivity contribution in [2.24, 2.45) is 0 Å². The molecule has 0 unspecified atom stereocenters. The third kappa shape index (κ3) is 9.70. The molecular weight excluding hydrogens is 564 g/mol. The van der Waals surface area contributed by atoms with Crippen LogP contribution in [0, 0.1) is 0 Å². The smallest absolute Gasteiger partial charge is 0.160 e. The number of nitrogens with one attached hydrogen (secondary N) is 2. The molecular formula is C26H38Br2N2O4. The summed E-state index contributed by atoms with van der Waals surface area (Å²) in [4.78, 5) is 0. The molecule has 0 radical (unpaired) electrons. The van der Waals surface area contributed by atoms with Gasteiger partial charge < -0.3 is 31.1 Å². The van der Waals surface area contributed by atoms with Gasteiger partial charge in [-0.2, -0.15) is 0 Å². The van der Waals surface area contributed by atoms with E-state index < -0.39 is 0 Å². The normalized spacial score (nSPS) is 11.0. The van der Waals surface area contributed by atoms with Crippen molar-refractivity contribution in [3.8, 4) is 23.0 Å². The van der Waals surface area contributed by atoms with Crippen LogP contribution in [-0.2, 0) is 25.7 Å². The highest BCUT2D eigenvalue weighted by Gasteiger charge is 2.10. The Balaban J connectivity index is 0.00000544. The predicted octanol–water partition coefficient (Wildman–Crippen LogP) is 4.87. The van der Waals surface area contributed by atoms with Gasteiger partial charge in [0.05, 0.1) is 0 Å². The minimum absolute atomic E-state index is 0. The first kappa shape index (κ1) is 32.0. The topological polar surface area (TPSA) is 105 Å². The number of rotatable bonds is 13. The van der Waals surface area contributed by atoms with Crippen LogP contribution in [0.25, 0.3) is 0 Å². The summed E-state index contributed by atoms with van der Waals surface area (Å²) in [5.74, 6) is -0.132. The van der Waals surface area contributed by atoms with Crippen molar-refractivity contribution in [3.05, 3.63) is 70.8 Å². The Morgan fingerprint density at radius 2 is 1.03 bits per heavy atom. The first-order valence-electron chi connectivity index (χ1n) is 11.3. The van der Waals surface area contributed by atoms with Gasteiger partial charge in [-0.1, -0.05) is 50.3 Å². The molecule has 2 rings (SSSR count). The van der Waals surface area contributed by atoms with E-state index >= 15 is 0 Å². The van der Waals surface area contributed by atoms with Gasteiger partial charge in [-0.3, -0.25) is 0 Å². The van der Waals surface area contributed by atoms with Crippen LogP contribution in [0.4, 0.5) is 0 Å². The zero-order chi connectivity index (χ0) is 23.3. The number of halogens is 2. The van der Waals surface area contributed by atoms with Gasteiger partial charge in [-0.25, -0.2) is 0 Å². The molecule has 0 aliphatic rings. The van der Waals surface area contributed by atoms with E-state index in [1.807, 2.05) is 38.1 Å². The summed E-state index contributed by atoms with van der Waals surface area (Å²) in [6.45, 7) is 7.03. The SMILES string of the molecule is Br.Br.CCc1c(CCNCC=CC=CCNCCc2ccc(O)c(O)c2CC)ccc(O)c1O. The zero-order valence-corrected chi connectivity index (χ0v) is 23.3. The maximum Gasteiger partial charge on any atom is 0.160 e. The van der Waals surface area contributed by atoms with E-state index in [1.165, 1.54) is 0 Å². The van der Waals surface area contributed by atoms with E-state index in [0.29, 0.717) is 12.8 Å². The lowest BCUT2D eigenvalue weighted by Gasteiger charge is -2.11. The highest BCUT2D eigenvalue weighted by molar-refractivity contribution is 8.93. The Morgan fingerprint density at radius 3 is 1.38 bits per heavy atom. The van der Waals surface area contributed by atoms with Crippen molar-refractivity contribution < 1.29 is 20.4 Å². The second kappa shape index (κ2) is 17.4. The van der Waals surface area contributed by atoms with Crippen LogP contribution in [0.2, 0.25) is 0 Å². The van der Waals surface area contributed by atoms with E-state index in [1.54, 1.807) is 12.1 Å². The van der Waals surface area contributed by atoms with Crippen LogP contribution in [0.5, 0.6) is 23.0 Å². The molecule has 0 spiro atoms. The number of allylic oxidation sites excluding steroid dienone is 2. The first-order valence-corrected chi connectivity index (χ1v) is 11.3. The highest BCUT2D eigenvalue weighted by atomic mass is 79.9. The van der Waals surface area contributed by atoms with Crippen LogP contribution in [0.15, 0.2) is 48.6 Å². The van der Waals surface area contributed by atoms with Crippen molar-refractivity contribution in [1.82, 2.24) is 10.6 Å². The molecule has 190 valence electrons. The predicted molar refractivity (Wildman–Crippen MR) is 150 cm³/mol. The van der Waals surface area contributed by atoms with Crippen molar-refractivity contribution in [2.75, 3.05) is 26.2 Å². The molecule has 0 fully saturated rings. The van der Waals surface area contributed by atoms with Crippen LogP contribution in [0.1, 0.15) is 36.1 Å². The molecule has 0 bridgehead atoms. The summed E-state index contributed by atoms with van der Waals surface area (Å²) in [5, 5.41) is 45.8. The molecule has 6 N–H and O–H groups in total. The monoisotopic (exact) mass is 600 g/mol. The van der Waals surface area contributed by atoms with Gasteiger partial charge in [0.2, 0.25) is 0 Å². The molecule has 0 atom stereocenters. The lowest BCUT2D eigenvalue weighted by molar-refractivity contribution is 0.399. The summed E-state index contributed by atoms with van der Waals surface area (Å²) in [6, 6.07) is 6.82. The highest BCUT2D eigenvalue weighted by Crippen LogP contribution is 2.32. The van der Waals surface area contributed by atoms with Crippen LogP contribution >= 0.6 is 34.0 Å². The summed E-state index contributed by atoms with van der Waals surface area (Å²) < 4.78 is 0. The maximum absolute atomic E-state index is 9.94. The molecule has 6 nitrogen and oxygen atoms in total. The van der Waals surface area contributed by atoms with E-state index in [4.69, 9.17) is 0 Å². The molecule has 0 heterocycles. The van der Waals surface area contributed by atoms with Gasteiger partial charge in [0.25, 0.3) is 0 Å². The van der Waals surface area contributed by atoms with Gasteiger partial charge in [-0.05, 0) is 62.0 Å². The summed E-state index contributed by atoms with van der Waals surface area (Å²) >= 11 is 0. The molecule has 0 saturated heterocycles. The van der Waals surface area contributed by atoms with Gasteiger partial charge in [0, 0.05) is 24.2 Å². The summed E-state index contributed by atoms with van der Waals surface area (Å²) in [5.41, 5.74) is 3.73. The third-order valence-corrected chi connectivity index (χ3v) is 5.47. The Hall–Kier alpha value is -2.00. The molecule has 2 aromatic carbocycles. The number of benzene rings is 2. The number of phenols is 4. The molecule has 34 heavy (non-hydrogen) atoms. The molecule has 0 aliphatic carbocycles. The van der Waals surface area contributed by atoms with Crippen LogP contribution in [-0.4, -0.2) is 46.6 Å². The molecule has 2 aromatic rings. The molecule has 0 aromatic heterocycles. The average molecular weight is 602 g/mol. The Labute approximate surface area is 224 Å². The minimum Gasteiger partial charge on any atom is -0.504 e. The van der Waals surface area contributed by atoms with E-state index in [0.717, 1.165) is 61.3 Å². The lowest BCUT2D eigenvalue weighted by atomic mass is 10.0. The Kier molecular flexibility index (Phi) is 16.4. The fourth-order valence-electron chi connectivity index (χ4n) is 3.70. The van der Waals surface area contributed by atoms with Gasteiger partial charge in [0.15, 0.2) is 23.0 Å². The van der Waals surface area contributed by atoms with E-state index in [2.05, 4.69) is 22.8 Å². The Bertz CT molecular complexity index is 858. The molecule has 8 heteroatoms. The van der Waals surface area contributed by atoms with Crippen LogP contribution < -0.4 is 10.6 Å². The van der Waals surface area contributed by atoms with Gasteiger partial charge in [-0.15, -0.1) is 34.0 Å². The molecule has 0 amide bonds. The number of aromatic hydroxyl groups is 4. The molecule has 0 aliphatic heterocycles. The maximum atomic E-state index is 9.94. The number of phenolic OH excluding ortho intramolecular Hbond substituents is 4.